The van der Waals surface area contributed by atoms with Crippen molar-refractivity contribution in [1.29, 1.82) is 0 Å². The highest BCUT2D eigenvalue weighted by molar-refractivity contribution is 8.15. The van der Waals surface area contributed by atoms with Gasteiger partial charge in [0.15, 0.2) is 11.4 Å². The number of aromatic hydroxyl groups is 1. The number of carbonyl (C=O) groups excluding carboxylic acids is 3. The maximum Gasteiger partial charge on any atom is 0.286 e. The van der Waals surface area contributed by atoms with Gasteiger partial charge in [0, 0.05) is 5.56 Å². The summed E-state index contributed by atoms with van der Waals surface area (Å²) in [7, 11) is 0. The Balaban J connectivity index is 1.53. The molecule has 8 heteroatoms. The van der Waals surface area contributed by atoms with E-state index in [4.69, 9.17) is 9.47 Å². The van der Waals surface area contributed by atoms with Crippen LogP contribution in [0.5, 0.6) is 17.2 Å². The fourth-order valence-electron chi connectivity index (χ4n) is 4.88. The second-order valence-electron chi connectivity index (χ2n) is 9.93. The number of ketones is 1. The number of carbonyl (C=O) groups is 3. The lowest BCUT2D eigenvalue weighted by Crippen LogP contribution is -2.48. The average Bonchev–Trinajstić information content (AvgIpc) is 3.11. The van der Waals surface area contributed by atoms with E-state index < -0.39 is 10.9 Å². The van der Waals surface area contributed by atoms with Crippen LogP contribution in [-0.2, 0) is 11.2 Å². The summed E-state index contributed by atoms with van der Waals surface area (Å²) < 4.78 is 12.7. The molecule has 2 aromatic carbocycles. The predicted molar refractivity (Wildman–Crippen MR) is 135 cm³/mol. The van der Waals surface area contributed by atoms with Gasteiger partial charge in [0.1, 0.15) is 23.9 Å². The van der Waals surface area contributed by atoms with Gasteiger partial charge < -0.3 is 14.6 Å². The Morgan fingerprint density at radius 3 is 2.40 bits per heavy atom. The second-order valence-corrected chi connectivity index (χ2v) is 11.1. The number of nitrogens with one attached hydrogen (secondary N) is 1. The summed E-state index contributed by atoms with van der Waals surface area (Å²) in [5.41, 5.74) is 2.59. The molecular weight excluding hydrogens is 466 g/mol. The molecule has 35 heavy (non-hydrogen) atoms. The van der Waals surface area contributed by atoms with E-state index in [1.807, 2.05) is 38.1 Å². The van der Waals surface area contributed by atoms with Crippen molar-refractivity contribution in [2.75, 3.05) is 6.61 Å². The van der Waals surface area contributed by atoms with E-state index in [2.05, 4.69) is 19.2 Å². The number of Topliss-reactive ketones (excluding diaryl/α,β-unsaturated/α-hetero) is 1. The van der Waals surface area contributed by atoms with Crippen LogP contribution in [-0.4, -0.2) is 39.5 Å². The van der Waals surface area contributed by atoms with E-state index in [1.54, 1.807) is 6.92 Å². The van der Waals surface area contributed by atoms with Crippen molar-refractivity contribution < 1.29 is 29.0 Å². The van der Waals surface area contributed by atoms with E-state index in [1.165, 1.54) is 0 Å². The summed E-state index contributed by atoms with van der Waals surface area (Å²) in [6.45, 7) is 9.81. The Kier molecular flexibility index (Phi) is 6.86. The molecule has 1 fully saturated rings. The Morgan fingerprint density at radius 2 is 1.80 bits per heavy atom. The van der Waals surface area contributed by atoms with E-state index in [0.29, 0.717) is 41.0 Å². The fourth-order valence-corrected chi connectivity index (χ4v) is 5.74. The van der Waals surface area contributed by atoms with Gasteiger partial charge in [0.25, 0.3) is 5.24 Å². The number of fused-ring (bicyclic) bond motifs is 1. The van der Waals surface area contributed by atoms with Gasteiger partial charge in [0.2, 0.25) is 5.91 Å². The molecule has 1 saturated heterocycles. The first kappa shape index (κ1) is 25.1. The van der Waals surface area contributed by atoms with Crippen LogP contribution in [0.25, 0.3) is 0 Å². The van der Waals surface area contributed by atoms with E-state index in [0.717, 1.165) is 22.9 Å². The summed E-state index contributed by atoms with van der Waals surface area (Å²) in [6.07, 6.45) is 1.26. The number of phenolic OH excluding ortho intramolecular Hbond substituents is 1. The first-order valence-electron chi connectivity index (χ1n) is 11.8. The van der Waals surface area contributed by atoms with Gasteiger partial charge in [-0.05, 0) is 68.4 Å². The SMILES string of the molecule is Cc1c(C)c2c(c(C)c1O)C(=O)CC(COc1ccc(CC3SC(=O)NC3=O)cc1)(CC(C)C)O2. The van der Waals surface area contributed by atoms with Crippen LogP contribution < -0.4 is 14.8 Å². The molecule has 2 heterocycles. The first-order chi connectivity index (χ1) is 16.5. The second kappa shape index (κ2) is 9.57. The molecule has 0 bridgehead atoms. The Hall–Kier alpha value is -3.00. The lowest BCUT2D eigenvalue weighted by atomic mass is 9.81. The third kappa shape index (κ3) is 5.03. The Labute approximate surface area is 209 Å². The smallest absolute Gasteiger partial charge is 0.286 e. The number of rotatable bonds is 7. The van der Waals surface area contributed by atoms with Gasteiger partial charge in [-0.2, -0.15) is 0 Å². The standard InChI is InChI=1S/C27H31NO6S/c1-14(2)11-27(12-20(29)22-17(5)23(30)15(3)16(4)24(22)34-27)13-33-19-8-6-18(7-9-19)10-21-25(31)28-26(32)35-21/h6-9,14,21,30H,10-13H2,1-5H3,(H,28,31,32). The largest absolute Gasteiger partial charge is 0.507 e. The lowest BCUT2D eigenvalue weighted by molar-refractivity contribution is -0.118. The van der Waals surface area contributed by atoms with E-state index in [9.17, 15) is 19.5 Å². The lowest BCUT2D eigenvalue weighted by Gasteiger charge is -2.40. The summed E-state index contributed by atoms with van der Waals surface area (Å²) in [5.74, 6) is 1.27. The minimum absolute atomic E-state index is 0.0522. The molecule has 0 aromatic heterocycles. The number of phenols is 1. The third-order valence-electron chi connectivity index (χ3n) is 6.69. The molecule has 0 saturated carbocycles. The van der Waals surface area contributed by atoms with E-state index >= 15 is 0 Å². The van der Waals surface area contributed by atoms with Crippen LogP contribution in [0.2, 0.25) is 0 Å². The van der Waals surface area contributed by atoms with Crippen LogP contribution in [0, 0.1) is 26.7 Å². The van der Waals surface area contributed by atoms with Crippen molar-refractivity contribution in [1.82, 2.24) is 5.32 Å². The maximum atomic E-state index is 13.3. The molecule has 7 nitrogen and oxygen atoms in total. The molecule has 2 unspecified atom stereocenters. The number of hydrogen-bond acceptors (Lipinski definition) is 7. The van der Waals surface area contributed by atoms with Gasteiger partial charge in [-0.1, -0.05) is 37.7 Å². The number of hydrogen-bond donors (Lipinski definition) is 2. The molecule has 0 aliphatic carbocycles. The molecule has 2 N–H and O–H groups in total. The summed E-state index contributed by atoms with van der Waals surface area (Å²) in [5, 5.41) is 12.0. The number of ether oxygens (including phenoxy) is 2. The molecule has 2 amide bonds. The fraction of sp³-hybridized carbons (Fsp3) is 0.444. The minimum atomic E-state index is -0.823. The predicted octanol–water partition coefficient (Wildman–Crippen LogP) is 5.04. The highest BCUT2D eigenvalue weighted by Gasteiger charge is 2.44. The monoisotopic (exact) mass is 497 g/mol. The molecule has 4 rings (SSSR count). The molecule has 0 radical (unpaired) electrons. The molecule has 2 atom stereocenters. The molecule has 2 aliphatic rings. The Bertz CT molecular complexity index is 1190. The third-order valence-corrected chi connectivity index (χ3v) is 7.67. The van der Waals surface area contributed by atoms with Crippen molar-refractivity contribution in [3.05, 3.63) is 52.1 Å². The van der Waals surface area contributed by atoms with E-state index in [-0.39, 0.29) is 41.6 Å². The van der Waals surface area contributed by atoms with Crippen molar-refractivity contribution in [3.63, 3.8) is 0 Å². The molecule has 186 valence electrons. The van der Waals surface area contributed by atoms with Crippen LogP contribution in [0.15, 0.2) is 24.3 Å². The maximum absolute atomic E-state index is 13.3. The zero-order valence-electron chi connectivity index (χ0n) is 20.7. The normalized spacial score (nSPS) is 21.7. The zero-order valence-corrected chi connectivity index (χ0v) is 21.5. The van der Waals surface area contributed by atoms with Crippen molar-refractivity contribution >= 4 is 28.7 Å². The van der Waals surface area contributed by atoms with Gasteiger partial charge >= 0.3 is 0 Å². The van der Waals surface area contributed by atoms with Crippen molar-refractivity contribution in [3.8, 4) is 17.2 Å². The summed E-state index contributed by atoms with van der Waals surface area (Å²) >= 11 is 1.01. The zero-order chi connectivity index (χ0) is 25.5. The topological polar surface area (TPSA) is 102 Å². The Morgan fingerprint density at radius 1 is 1.11 bits per heavy atom. The molecule has 2 aliphatic heterocycles. The highest BCUT2D eigenvalue weighted by atomic mass is 32.2. The number of amides is 2. The quantitative estimate of drug-likeness (QED) is 0.552. The first-order valence-corrected chi connectivity index (χ1v) is 12.7. The molecule has 0 spiro atoms. The number of benzene rings is 2. The molecular formula is C27H31NO6S. The summed E-state index contributed by atoms with van der Waals surface area (Å²) in [6, 6.07) is 7.41. The minimum Gasteiger partial charge on any atom is -0.507 e. The van der Waals surface area contributed by atoms with Crippen LogP contribution in [0.4, 0.5) is 4.79 Å². The average molecular weight is 498 g/mol. The van der Waals surface area contributed by atoms with Gasteiger partial charge in [-0.3, -0.25) is 19.7 Å². The van der Waals surface area contributed by atoms with Crippen molar-refractivity contribution in [2.24, 2.45) is 5.92 Å². The summed E-state index contributed by atoms with van der Waals surface area (Å²) in [4.78, 5) is 36.5. The highest BCUT2D eigenvalue weighted by Crippen LogP contribution is 2.45. The van der Waals surface area contributed by atoms with Gasteiger partial charge in [-0.15, -0.1) is 0 Å². The molecule has 2 aromatic rings. The van der Waals surface area contributed by atoms with Crippen LogP contribution in [0.1, 0.15) is 59.3 Å². The van der Waals surface area contributed by atoms with Gasteiger partial charge in [-0.25, -0.2) is 0 Å². The number of imide groups is 1. The number of thioether (sulfide) groups is 1. The van der Waals surface area contributed by atoms with Crippen LogP contribution >= 0.6 is 11.8 Å². The van der Waals surface area contributed by atoms with Crippen molar-refractivity contribution in [2.45, 2.75) is 64.7 Å². The van der Waals surface area contributed by atoms with Crippen LogP contribution in [0.3, 0.4) is 0 Å². The van der Waals surface area contributed by atoms with Gasteiger partial charge in [0.05, 0.1) is 17.2 Å².